The first-order valence-corrected chi connectivity index (χ1v) is 7.18. The normalized spacial score (nSPS) is 10.9. The van der Waals surface area contributed by atoms with Crippen molar-refractivity contribution in [1.29, 1.82) is 0 Å². The molecule has 0 heterocycles. The van der Waals surface area contributed by atoms with Gasteiger partial charge in [0, 0.05) is 17.6 Å². The Morgan fingerprint density at radius 3 is 2.50 bits per heavy atom. The second-order valence-electron chi connectivity index (χ2n) is 4.33. The second kappa shape index (κ2) is 9.36. The molecular formula is C14H22BrNO2. The zero-order chi connectivity index (χ0) is 13.2. The molecule has 0 saturated heterocycles. The van der Waals surface area contributed by atoms with Gasteiger partial charge >= 0.3 is 0 Å². The van der Waals surface area contributed by atoms with Crippen molar-refractivity contribution < 1.29 is 9.47 Å². The maximum absolute atomic E-state index is 5.59. The SMILES string of the molecule is CC(C)OCCCNCCOc1ccc(Br)cc1. The summed E-state index contributed by atoms with van der Waals surface area (Å²) >= 11 is 3.39. The van der Waals surface area contributed by atoms with Crippen LogP contribution in [0.5, 0.6) is 5.75 Å². The van der Waals surface area contributed by atoms with Crippen LogP contribution in [0.2, 0.25) is 0 Å². The fraction of sp³-hybridized carbons (Fsp3) is 0.571. The molecule has 0 spiro atoms. The minimum atomic E-state index is 0.325. The van der Waals surface area contributed by atoms with Gasteiger partial charge in [-0.3, -0.25) is 0 Å². The molecule has 0 aliphatic carbocycles. The minimum absolute atomic E-state index is 0.325. The van der Waals surface area contributed by atoms with Crippen molar-refractivity contribution in [1.82, 2.24) is 5.32 Å². The minimum Gasteiger partial charge on any atom is -0.492 e. The average Bonchev–Trinajstić information content (AvgIpc) is 2.34. The maximum Gasteiger partial charge on any atom is 0.119 e. The van der Waals surface area contributed by atoms with E-state index >= 15 is 0 Å². The summed E-state index contributed by atoms with van der Waals surface area (Å²) in [7, 11) is 0. The second-order valence-corrected chi connectivity index (χ2v) is 5.24. The van der Waals surface area contributed by atoms with E-state index < -0.39 is 0 Å². The van der Waals surface area contributed by atoms with Crippen LogP contribution in [0.1, 0.15) is 20.3 Å². The first-order chi connectivity index (χ1) is 8.68. The van der Waals surface area contributed by atoms with Crippen LogP contribution in [0.4, 0.5) is 0 Å². The van der Waals surface area contributed by atoms with E-state index in [0.717, 1.165) is 36.3 Å². The molecular weight excluding hydrogens is 294 g/mol. The number of rotatable bonds is 9. The summed E-state index contributed by atoms with van der Waals surface area (Å²) in [4.78, 5) is 0. The molecule has 0 bridgehead atoms. The number of benzene rings is 1. The predicted octanol–water partition coefficient (Wildman–Crippen LogP) is 3.23. The number of halogens is 1. The van der Waals surface area contributed by atoms with Crippen molar-refractivity contribution in [3.05, 3.63) is 28.7 Å². The summed E-state index contributed by atoms with van der Waals surface area (Å²) in [6.07, 6.45) is 1.36. The van der Waals surface area contributed by atoms with Gasteiger partial charge in [0.05, 0.1) is 6.10 Å². The van der Waals surface area contributed by atoms with E-state index in [-0.39, 0.29) is 0 Å². The van der Waals surface area contributed by atoms with E-state index in [9.17, 15) is 0 Å². The molecule has 0 aliphatic rings. The van der Waals surface area contributed by atoms with Crippen LogP contribution >= 0.6 is 15.9 Å². The molecule has 102 valence electrons. The van der Waals surface area contributed by atoms with Crippen LogP contribution < -0.4 is 10.1 Å². The highest BCUT2D eigenvalue weighted by atomic mass is 79.9. The van der Waals surface area contributed by atoms with Gasteiger partial charge in [-0.2, -0.15) is 0 Å². The Morgan fingerprint density at radius 1 is 1.11 bits per heavy atom. The van der Waals surface area contributed by atoms with Gasteiger partial charge in [0.25, 0.3) is 0 Å². The molecule has 3 nitrogen and oxygen atoms in total. The number of hydrogen-bond acceptors (Lipinski definition) is 3. The van der Waals surface area contributed by atoms with Gasteiger partial charge in [0.1, 0.15) is 12.4 Å². The molecule has 0 fully saturated rings. The Bertz CT molecular complexity index is 314. The van der Waals surface area contributed by atoms with Gasteiger partial charge in [-0.1, -0.05) is 15.9 Å². The zero-order valence-corrected chi connectivity index (χ0v) is 12.7. The molecule has 1 aromatic carbocycles. The van der Waals surface area contributed by atoms with Gasteiger partial charge in [-0.25, -0.2) is 0 Å². The molecule has 4 heteroatoms. The Balaban J connectivity index is 1.94. The Kier molecular flexibility index (Phi) is 8.05. The number of hydrogen-bond donors (Lipinski definition) is 1. The lowest BCUT2D eigenvalue weighted by Crippen LogP contribution is -2.23. The molecule has 0 aliphatic heterocycles. The van der Waals surface area contributed by atoms with Crippen molar-refractivity contribution in [3.63, 3.8) is 0 Å². The Morgan fingerprint density at radius 2 is 1.83 bits per heavy atom. The molecule has 0 radical (unpaired) electrons. The highest BCUT2D eigenvalue weighted by Gasteiger charge is 1.95. The summed E-state index contributed by atoms with van der Waals surface area (Å²) < 4.78 is 12.1. The number of ether oxygens (including phenoxy) is 2. The van der Waals surface area contributed by atoms with Crippen LogP contribution in [-0.2, 0) is 4.74 Å². The van der Waals surface area contributed by atoms with Gasteiger partial charge in [-0.05, 0) is 51.1 Å². The third kappa shape index (κ3) is 7.69. The standard InChI is InChI=1S/C14H22BrNO2/c1-12(2)17-10-3-8-16-9-11-18-14-6-4-13(15)5-7-14/h4-7,12,16H,3,8-11H2,1-2H3. The third-order valence-electron chi connectivity index (χ3n) is 2.31. The van der Waals surface area contributed by atoms with Gasteiger partial charge in [0.15, 0.2) is 0 Å². The van der Waals surface area contributed by atoms with E-state index in [1.807, 2.05) is 24.3 Å². The lowest BCUT2D eigenvalue weighted by atomic mass is 10.3. The van der Waals surface area contributed by atoms with Crippen LogP contribution in [-0.4, -0.2) is 32.4 Å². The molecule has 0 aromatic heterocycles. The summed E-state index contributed by atoms with van der Waals surface area (Å²) in [5.74, 6) is 0.906. The predicted molar refractivity (Wildman–Crippen MR) is 78.2 cm³/mol. The van der Waals surface area contributed by atoms with E-state index in [1.54, 1.807) is 0 Å². The van der Waals surface area contributed by atoms with Gasteiger partial charge in [-0.15, -0.1) is 0 Å². The molecule has 0 amide bonds. The van der Waals surface area contributed by atoms with Crippen molar-refractivity contribution in [2.45, 2.75) is 26.4 Å². The quantitative estimate of drug-likeness (QED) is 0.710. The first kappa shape index (κ1) is 15.5. The molecule has 1 N–H and O–H groups in total. The molecule has 1 rings (SSSR count). The van der Waals surface area contributed by atoms with Crippen molar-refractivity contribution in [2.75, 3.05) is 26.3 Å². The van der Waals surface area contributed by atoms with E-state index in [0.29, 0.717) is 12.7 Å². The topological polar surface area (TPSA) is 30.5 Å². The van der Waals surface area contributed by atoms with Crippen molar-refractivity contribution >= 4 is 15.9 Å². The Labute approximate surface area is 118 Å². The Hall–Kier alpha value is -0.580. The van der Waals surface area contributed by atoms with Gasteiger partial charge in [0.2, 0.25) is 0 Å². The monoisotopic (exact) mass is 315 g/mol. The molecule has 0 saturated carbocycles. The first-order valence-electron chi connectivity index (χ1n) is 6.39. The van der Waals surface area contributed by atoms with Gasteiger partial charge < -0.3 is 14.8 Å². The zero-order valence-electron chi connectivity index (χ0n) is 11.1. The molecule has 1 aromatic rings. The fourth-order valence-corrected chi connectivity index (χ4v) is 1.68. The van der Waals surface area contributed by atoms with Crippen molar-refractivity contribution in [2.24, 2.45) is 0 Å². The van der Waals surface area contributed by atoms with Crippen molar-refractivity contribution in [3.8, 4) is 5.75 Å². The third-order valence-corrected chi connectivity index (χ3v) is 2.84. The number of nitrogens with one attached hydrogen (secondary N) is 1. The van der Waals surface area contributed by atoms with Crippen LogP contribution in [0.3, 0.4) is 0 Å². The van der Waals surface area contributed by atoms with E-state index in [4.69, 9.17) is 9.47 Å². The summed E-state index contributed by atoms with van der Waals surface area (Å²) in [5.41, 5.74) is 0. The van der Waals surface area contributed by atoms with Crippen LogP contribution in [0.25, 0.3) is 0 Å². The average molecular weight is 316 g/mol. The molecule has 0 unspecified atom stereocenters. The highest BCUT2D eigenvalue weighted by molar-refractivity contribution is 9.10. The summed E-state index contributed by atoms with van der Waals surface area (Å²) in [6, 6.07) is 7.87. The lowest BCUT2D eigenvalue weighted by Gasteiger charge is -2.09. The highest BCUT2D eigenvalue weighted by Crippen LogP contribution is 2.15. The van der Waals surface area contributed by atoms with Crippen LogP contribution in [0, 0.1) is 0 Å². The van der Waals surface area contributed by atoms with Crippen LogP contribution in [0.15, 0.2) is 28.7 Å². The molecule has 18 heavy (non-hydrogen) atoms. The summed E-state index contributed by atoms with van der Waals surface area (Å²) in [6.45, 7) is 7.44. The smallest absolute Gasteiger partial charge is 0.119 e. The summed E-state index contributed by atoms with van der Waals surface area (Å²) in [5, 5.41) is 3.33. The lowest BCUT2D eigenvalue weighted by molar-refractivity contribution is 0.0770. The van der Waals surface area contributed by atoms with E-state index in [2.05, 4.69) is 35.1 Å². The largest absolute Gasteiger partial charge is 0.492 e. The molecule has 0 atom stereocenters. The maximum atomic E-state index is 5.59. The fourth-order valence-electron chi connectivity index (χ4n) is 1.41. The van der Waals surface area contributed by atoms with E-state index in [1.165, 1.54) is 0 Å².